The summed E-state index contributed by atoms with van der Waals surface area (Å²) >= 11 is 0. The third-order valence-corrected chi connectivity index (χ3v) is 3.33. The number of alkyl halides is 3. The molecule has 0 aliphatic carbocycles. The van der Waals surface area contributed by atoms with E-state index in [-0.39, 0.29) is 5.76 Å². The summed E-state index contributed by atoms with van der Waals surface area (Å²) < 4.78 is 37.4. The van der Waals surface area contributed by atoms with E-state index in [4.69, 9.17) is 5.84 Å². The maximum atomic E-state index is 12.5. The summed E-state index contributed by atoms with van der Waals surface area (Å²) in [5.74, 6) is 5.22. The van der Waals surface area contributed by atoms with Gasteiger partial charge in [-0.3, -0.25) is 0 Å². The molecule has 3 N–H and O–H groups in total. The Morgan fingerprint density at radius 2 is 1.85 bits per heavy atom. The molecule has 0 fully saturated rings. The number of halogens is 3. The summed E-state index contributed by atoms with van der Waals surface area (Å²) in [5.41, 5.74) is 0.797. The topological polar surface area (TPSA) is 61.9 Å². The Hall–Kier alpha value is -2.18. The quantitative estimate of drug-likeness (QED) is 0.499. The van der Waals surface area contributed by atoms with Crippen LogP contribution in [0.1, 0.15) is 18.1 Å². The van der Waals surface area contributed by atoms with Crippen LogP contribution < -0.4 is 5.84 Å². The van der Waals surface area contributed by atoms with Crippen LogP contribution >= 0.6 is 0 Å². The third-order valence-electron chi connectivity index (χ3n) is 3.33. The lowest BCUT2D eigenvalue weighted by atomic mass is 9.93. The summed E-state index contributed by atoms with van der Waals surface area (Å²) in [6.07, 6.45) is -4.37. The van der Waals surface area contributed by atoms with Crippen LogP contribution in [-0.2, 0) is 6.18 Å². The van der Waals surface area contributed by atoms with E-state index in [1.165, 1.54) is 12.1 Å². The van der Waals surface area contributed by atoms with E-state index in [9.17, 15) is 18.3 Å². The van der Waals surface area contributed by atoms with Gasteiger partial charge in [0.05, 0.1) is 17.0 Å². The molecule has 1 aliphatic rings. The minimum absolute atomic E-state index is 0.0546. The van der Waals surface area contributed by atoms with E-state index in [1.807, 2.05) is 0 Å². The molecule has 108 valence electrons. The predicted molar refractivity (Wildman–Crippen MR) is 69.8 cm³/mol. The van der Waals surface area contributed by atoms with E-state index in [1.54, 1.807) is 18.9 Å². The summed E-state index contributed by atoms with van der Waals surface area (Å²) in [7, 11) is 1.71. The van der Waals surface area contributed by atoms with Crippen molar-refractivity contribution in [3.8, 4) is 0 Å². The second kappa shape index (κ2) is 4.73. The number of nitrogens with two attached hydrogens (primary N) is 1. The molecule has 0 saturated heterocycles. The molecule has 0 bridgehead atoms. The predicted octanol–water partition coefficient (Wildman–Crippen LogP) is 2.58. The number of nitrogens with zero attached hydrogens (tertiary/aromatic N) is 2. The Balaban J connectivity index is 2.32. The van der Waals surface area contributed by atoms with Crippen molar-refractivity contribution in [3.05, 3.63) is 41.2 Å². The summed E-state index contributed by atoms with van der Waals surface area (Å²) in [6.45, 7) is 1.67. The number of likely N-dealkylation sites (N-methyl/N-ethyl adjacent to an activating group) is 1. The van der Waals surface area contributed by atoms with Crippen LogP contribution in [0.3, 0.4) is 0 Å². The minimum atomic E-state index is -4.37. The first-order valence-corrected chi connectivity index (χ1v) is 5.85. The second-order valence-electron chi connectivity index (χ2n) is 4.59. The average molecular weight is 285 g/mol. The van der Waals surface area contributed by atoms with Gasteiger partial charge in [-0.05, 0) is 19.1 Å². The molecule has 1 aromatic rings. The molecule has 1 unspecified atom stereocenters. The molecule has 0 amide bonds. The standard InChI is InChI=1S/C13H14F3N3O/c1-7(18-17)10-12(20)11(19(10)2)8-3-5-9(6-4-8)13(14,15)16/h3-6,10,20H,17H2,1-2H3/b18-7+. The largest absolute Gasteiger partial charge is 0.507 e. The molecule has 2 rings (SSSR count). The molecule has 0 saturated carbocycles. The zero-order valence-corrected chi connectivity index (χ0v) is 10.9. The van der Waals surface area contributed by atoms with E-state index < -0.39 is 17.8 Å². The van der Waals surface area contributed by atoms with Gasteiger partial charge in [0.2, 0.25) is 0 Å². The molecule has 20 heavy (non-hydrogen) atoms. The number of benzene rings is 1. The number of hydrogen-bond acceptors (Lipinski definition) is 4. The van der Waals surface area contributed by atoms with Crippen molar-refractivity contribution in [1.82, 2.24) is 4.90 Å². The summed E-state index contributed by atoms with van der Waals surface area (Å²) in [6, 6.07) is 4.21. The number of aliphatic hydroxyl groups is 1. The van der Waals surface area contributed by atoms with Crippen molar-refractivity contribution in [2.75, 3.05) is 7.05 Å². The van der Waals surface area contributed by atoms with Crippen LogP contribution in [0.2, 0.25) is 0 Å². The second-order valence-corrected chi connectivity index (χ2v) is 4.59. The number of hydrazone groups is 1. The Bertz CT molecular complexity index is 576. The monoisotopic (exact) mass is 285 g/mol. The lowest BCUT2D eigenvalue weighted by Crippen LogP contribution is -2.47. The fourth-order valence-electron chi connectivity index (χ4n) is 2.27. The molecular weight excluding hydrogens is 271 g/mol. The van der Waals surface area contributed by atoms with Crippen LogP contribution in [0.15, 0.2) is 35.1 Å². The van der Waals surface area contributed by atoms with Crippen LogP contribution in [0, 0.1) is 0 Å². The fraction of sp³-hybridized carbons (Fsp3) is 0.308. The molecule has 1 aliphatic heterocycles. The normalized spacial score (nSPS) is 20.1. The van der Waals surface area contributed by atoms with Gasteiger partial charge < -0.3 is 15.8 Å². The molecule has 0 radical (unpaired) electrons. The van der Waals surface area contributed by atoms with Gasteiger partial charge in [0.15, 0.2) is 0 Å². The highest BCUT2D eigenvalue weighted by molar-refractivity contribution is 5.96. The molecule has 7 heteroatoms. The van der Waals surface area contributed by atoms with Crippen molar-refractivity contribution in [2.45, 2.75) is 19.1 Å². The number of aliphatic hydroxyl groups excluding tert-OH is 1. The molecule has 0 aromatic heterocycles. The molecule has 4 nitrogen and oxygen atoms in total. The molecule has 1 aromatic carbocycles. The highest BCUT2D eigenvalue weighted by atomic mass is 19.4. The average Bonchev–Trinajstić information content (AvgIpc) is 2.38. The van der Waals surface area contributed by atoms with Crippen LogP contribution in [0.5, 0.6) is 0 Å². The van der Waals surface area contributed by atoms with Crippen molar-refractivity contribution in [2.24, 2.45) is 10.9 Å². The fourth-order valence-corrected chi connectivity index (χ4v) is 2.27. The highest BCUT2D eigenvalue weighted by Crippen LogP contribution is 2.37. The Morgan fingerprint density at radius 1 is 1.30 bits per heavy atom. The van der Waals surface area contributed by atoms with E-state index >= 15 is 0 Å². The number of rotatable bonds is 2. The van der Waals surface area contributed by atoms with Gasteiger partial charge in [-0.25, -0.2) is 0 Å². The molecule has 0 spiro atoms. The van der Waals surface area contributed by atoms with Crippen LogP contribution in [0.4, 0.5) is 13.2 Å². The minimum Gasteiger partial charge on any atom is -0.507 e. The van der Waals surface area contributed by atoms with Crippen molar-refractivity contribution >= 4 is 11.4 Å². The zero-order chi connectivity index (χ0) is 15.1. The SMILES string of the molecule is C/C(=N\N)C1C(O)=C(c2ccc(C(F)(F)F)cc2)N1C. The number of hydrogen-bond donors (Lipinski definition) is 2. The summed E-state index contributed by atoms with van der Waals surface area (Å²) in [5, 5.41) is 13.5. The maximum Gasteiger partial charge on any atom is 0.416 e. The van der Waals surface area contributed by atoms with Crippen molar-refractivity contribution in [1.29, 1.82) is 0 Å². The van der Waals surface area contributed by atoms with Gasteiger partial charge in [0.1, 0.15) is 11.8 Å². The Morgan fingerprint density at radius 3 is 2.25 bits per heavy atom. The first kappa shape index (κ1) is 14.2. The first-order valence-electron chi connectivity index (χ1n) is 5.85. The van der Waals surface area contributed by atoms with Crippen molar-refractivity contribution in [3.63, 3.8) is 0 Å². The van der Waals surface area contributed by atoms with Gasteiger partial charge >= 0.3 is 6.18 Å². The van der Waals surface area contributed by atoms with Gasteiger partial charge in [0, 0.05) is 12.6 Å². The third kappa shape index (κ3) is 2.19. The lowest BCUT2D eigenvalue weighted by Gasteiger charge is -2.41. The van der Waals surface area contributed by atoms with Gasteiger partial charge in [-0.2, -0.15) is 18.3 Å². The maximum absolute atomic E-state index is 12.5. The smallest absolute Gasteiger partial charge is 0.416 e. The van der Waals surface area contributed by atoms with E-state index in [2.05, 4.69) is 5.10 Å². The van der Waals surface area contributed by atoms with E-state index in [0.29, 0.717) is 17.0 Å². The van der Waals surface area contributed by atoms with Crippen molar-refractivity contribution < 1.29 is 18.3 Å². The molecule has 1 atom stereocenters. The lowest BCUT2D eigenvalue weighted by molar-refractivity contribution is -0.137. The van der Waals surface area contributed by atoms with Gasteiger partial charge in [-0.15, -0.1) is 0 Å². The van der Waals surface area contributed by atoms with Crippen LogP contribution in [-0.4, -0.2) is 28.8 Å². The zero-order valence-electron chi connectivity index (χ0n) is 10.9. The van der Waals surface area contributed by atoms with Gasteiger partial charge in [-0.1, -0.05) is 12.1 Å². The van der Waals surface area contributed by atoms with E-state index in [0.717, 1.165) is 12.1 Å². The summed E-state index contributed by atoms with van der Waals surface area (Å²) in [4.78, 5) is 1.71. The Kier molecular flexibility index (Phi) is 3.37. The van der Waals surface area contributed by atoms with Crippen LogP contribution in [0.25, 0.3) is 5.70 Å². The molecular formula is C13H14F3N3O. The van der Waals surface area contributed by atoms with Gasteiger partial charge in [0.25, 0.3) is 0 Å². The molecule has 1 heterocycles. The first-order chi connectivity index (χ1) is 9.27. The highest BCUT2D eigenvalue weighted by Gasteiger charge is 2.38. The Labute approximate surface area is 114 Å².